The van der Waals surface area contributed by atoms with E-state index in [1.807, 2.05) is 27.2 Å². The number of likely N-dealkylation sites (N-methyl/N-ethyl adjacent to an activating group) is 1. The Balaban J connectivity index is 4.32. The Kier molecular flexibility index (Phi) is 37.3. The molecular formula is C45H91N2O6P. The highest BCUT2D eigenvalue weighted by Gasteiger charge is 2.23. The van der Waals surface area contributed by atoms with Crippen molar-refractivity contribution >= 4 is 13.7 Å². The lowest BCUT2D eigenvalue weighted by Crippen LogP contribution is -2.45. The van der Waals surface area contributed by atoms with Crippen LogP contribution in [0, 0.1) is 0 Å². The van der Waals surface area contributed by atoms with Crippen LogP contribution in [0.3, 0.4) is 0 Å². The van der Waals surface area contributed by atoms with Crippen LogP contribution in [0.25, 0.3) is 0 Å². The number of aliphatic hydroxyl groups is 1. The van der Waals surface area contributed by atoms with Crippen molar-refractivity contribution in [2.75, 3.05) is 40.9 Å². The Morgan fingerprint density at radius 1 is 0.630 bits per heavy atom. The molecule has 0 saturated heterocycles. The summed E-state index contributed by atoms with van der Waals surface area (Å²) < 4.78 is 23.2. The van der Waals surface area contributed by atoms with Crippen molar-refractivity contribution in [3.63, 3.8) is 0 Å². The van der Waals surface area contributed by atoms with Crippen LogP contribution in [0.2, 0.25) is 0 Å². The molecule has 0 aromatic rings. The second-order valence-electron chi connectivity index (χ2n) is 17.1. The minimum Gasteiger partial charge on any atom is -0.756 e. The lowest BCUT2D eigenvalue weighted by molar-refractivity contribution is -0.870. The number of phosphoric acid groups is 1. The number of aliphatic hydroxyl groups excluding tert-OH is 1. The number of nitrogens with one attached hydrogen (secondary N) is 1. The van der Waals surface area contributed by atoms with Gasteiger partial charge in [-0.25, -0.2) is 0 Å². The molecule has 2 N–H and O–H groups in total. The summed E-state index contributed by atoms with van der Waals surface area (Å²) in [5.74, 6) is -0.194. The first-order valence-electron chi connectivity index (χ1n) is 23.1. The summed E-state index contributed by atoms with van der Waals surface area (Å²) in [5.41, 5.74) is 0. The Morgan fingerprint density at radius 2 is 1.00 bits per heavy atom. The maximum absolute atomic E-state index is 12.9. The zero-order valence-electron chi connectivity index (χ0n) is 36.4. The molecule has 0 radical (unpaired) electrons. The molecule has 0 aliphatic carbocycles. The molecular weight excluding hydrogens is 695 g/mol. The number of allylic oxidation sites excluding steroid dienone is 1. The minimum absolute atomic E-state index is 0.00210. The molecule has 3 unspecified atom stereocenters. The predicted molar refractivity (Wildman–Crippen MR) is 229 cm³/mol. The largest absolute Gasteiger partial charge is 0.756 e. The van der Waals surface area contributed by atoms with Crippen LogP contribution >= 0.6 is 7.82 Å². The van der Waals surface area contributed by atoms with E-state index in [9.17, 15) is 19.4 Å². The molecule has 0 aliphatic rings. The molecule has 9 heteroatoms. The number of amides is 1. The number of carbonyl (C=O) groups excluding carboxylic acids is 1. The molecule has 8 nitrogen and oxygen atoms in total. The number of phosphoric ester groups is 1. The second-order valence-corrected chi connectivity index (χ2v) is 18.5. The summed E-state index contributed by atoms with van der Waals surface area (Å²) in [4.78, 5) is 25.3. The molecule has 0 aromatic heterocycles. The predicted octanol–water partition coefficient (Wildman–Crippen LogP) is 12.1. The Bertz CT molecular complexity index is 896. The van der Waals surface area contributed by atoms with Crippen LogP contribution in [-0.2, 0) is 18.4 Å². The normalized spacial score (nSPS) is 14.4. The minimum atomic E-state index is -4.58. The molecule has 0 bridgehead atoms. The van der Waals surface area contributed by atoms with Gasteiger partial charge in [-0.15, -0.1) is 0 Å². The first-order chi connectivity index (χ1) is 26.0. The third-order valence-corrected chi connectivity index (χ3v) is 11.5. The molecule has 0 aromatic carbocycles. The zero-order valence-corrected chi connectivity index (χ0v) is 37.3. The third kappa shape index (κ3) is 39.5. The van der Waals surface area contributed by atoms with Gasteiger partial charge in [-0.05, 0) is 19.3 Å². The first-order valence-corrected chi connectivity index (χ1v) is 24.5. The van der Waals surface area contributed by atoms with Crippen molar-refractivity contribution in [2.24, 2.45) is 0 Å². The number of hydrogen-bond acceptors (Lipinski definition) is 6. The van der Waals surface area contributed by atoms with Gasteiger partial charge < -0.3 is 28.8 Å². The Labute approximate surface area is 335 Å². The number of nitrogens with zero attached hydrogens (tertiary/aromatic N) is 1. The van der Waals surface area contributed by atoms with Crippen molar-refractivity contribution in [3.8, 4) is 0 Å². The van der Waals surface area contributed by atoms with Gasteiger partial charge in [0, 0.05) is 6.42 Å². The maximum atomic E-state index is 12.9. The van der Waals surface area contributed by atoms with Gasteiger partial charge in [0.2, 0.25) is 5.91 Å². The SMILES string of the molecule is CCCCCCCCCCCCCC=CC(O)C(COP(=O)([O-])OCC[N+](C)(C)C)NC(=O)CCCCCCCCCCCCCCCCCCCCC. The highest BCUT2D eigenvalue weighted by molar-refractivity contribution is 7.45. The van der Waals surface area contributed by atoms with Crippen LogP contribution in [0.5, 0.6) is 0 Å². The lowest BCUT2D eigenvalue weighted by atomic mass is 10.0. The molecule has 0 fully saturated rings. The van der Waals surface area contributed by atoms with E-state index in [2.05, 4.69) is 19.2 Å². The van der Waals surface area contributed by atoms with Crippen LogP contribution in [0.4, 0.5) is 0 Å². The zero-order chi connectivity index (χ0) is 40.0. The fourth-order valence-corrected chi connectivity index (χ4v) is 7.52. The fourth-order valence-electron chi connectivity index (χ4n) is 6.80. The summed E-state index contributed by atoms with van der Waals surface area (Å²) in [6.45, 7) is 4.66. The van der Waals surface area contributed by atoms with Crippen molar-refractivity contribution in [3.05, 3.63) is 12.2 Å². The van der Waals surface area contributed by atoms with E-state index >= 15 is 0 Å². The number of carbonyl (C=O) groups is 1. The summed E-state index contributed by atoms with van der Waals surface area (Å²) >= 11 is 0. The molecule has 3 atom stereocenters. The number of quaternary nitrogens is 1. The standard InChI is InChI=1S/C45H91N2O6P/c1-6-8-10-12-14-16-18-20-21-22-23-24-25-27-29-31-33-35-37-39-45(49)46-43(42-53-54(50,51)52-41-40-47(3,4)5)44(48)38-36-34-32-30-28-26-19-17-15-13-11-9-7-2/h36,38,43-44,48H,6-35,37,39-42H2,1-5H3,(H-,46,49,50,51). The number of rotatable bonds is 42. The molecule has 1 amide bonds. The van der Waals surface area contributed by atoms with Crippen molar-refractivity contribution in [1.82, 2.24) is 5.32 Å². The average Bonchev–Trinajstić information content (AvgIpc) is 3.12. The molecule has 322 valence electrons. The average molecular weight is 787 g/mol. The fraction of sp³-hybridized carbons (Fsp3) is 0.933. The van der Waals surface area contributed by atoms with Gasteiger partial charge in [-0.1, -0.05) is 206 Å². The van der Waals surface area contributed by atoms with Gasteiger partial charge in [0.1, 0.15) is 13.2 Å². The van der Waals surface area contributed by atoms with Gasteiger partial charge in [0.15, 0.2) is 0 Å². The molecule has 0 spiro atoms. The van der Waals surface area contributed by atoms with Crippen LogP contribution in [0.15, 0.2) is 12.2 Å². The van der Waals surface area contributed by atoms with Gasteiger partial charge in [0.05, 0.1) is 39.9 Å². The van der Waals surface area contributed by atoms with Gasteiger partial charge in [0.25, 0.3) is 7.82 Å². The smallest absolute Gasteiger partial charge is 0.268 e. The van der Waals surface area contributed by atoms with Gasteiger partial charge in [-0.2, -0.15) is 0 Å². The lowest BCUT2D eigenvalue weighted by Gasteiger charge is -2.29. The van der Waals surface area contributed by atoms with Crippen LogP contribution in [0.1, 0.15) is 219 Å². The third-order valence-electron chi connectivity index (χ3n) is 10.5. The molecule has 0 saturated carbocycles. The van der Waals surface area contributed by atoms with Crippen LogP contribution < -0.4 is 10.2 Å². The maximum Gasteiger partial charge on any atom is 0.268 e. The topological polar surface area (TPSA) is 108 Å². The Morgan fingerprint density at radius 3 is 1.39 bits per heavy atom. The van der Waals surface area contributed by atoms with E-state index in [1.54, 1.807) is 6.08 Å². The number of unbranched alkanes of at least 4 members (excludes halogenated alkanes) is 29. The van der Waals surface area contributed by atoms with Crippen molar-refractivity contribution in [2.45, 2.75) is 231 Å². The summed E-state index contributed by atoms with van der Waals surface area (Å²) in [7, 11) is 1.27. The van der Waals surface area contributed by atoms with Crippen molar-refractivity contribution in [1.29, 1.82) is 0 Å². The highest BCUT2D eigenvalue weighted by atomic mass is 31.2. The van der Waals surface area contributed by atoms with Gasteiger partial charge >= 0.3 is 0 Å². The summed E-state index contributed by atoms with van der Waals surface area (Å²) in [6, 6.07) is -0.879. The highest BCUT2D eigenvalue weighted by Crippen LogP contribution is 2.38. The van der Waals surface area contributed by atoms with E-state index in [1.165, 1.54) is 161 Å². The van der Waals surface area contributed by atoms with Gasteiger partial charge in [-0.3, -0.25) is 9.36 Å². The number of hydrogen-bond donors (Lipinski definition) is 2. The monoisotopic (exact) mass is 787 g/mol. The second kappa shape index (κ2) is 37.8. The molecule has 0 aliphatic heterocycles. The quantitative estimate of drug-likeness (QED) is 0.0276. The summed E-state index contributed by atoms with van der Waals surface area (Å²) in [6.07, 6.45) is 42.5. The van der Waals surface area contributed by atoms with E-state index in [0.29, 0.717) is 17.4 Å². The molecule has 0 rings (SSSR count). The van der Waals surface area contributed by atoms with Crippen LogP contribution in [-0.4, -0.2) is 68.5 Å². The Hall–Kier alpha value is -0.760. The first kappa shape index (κ1) is 53.2. The van der Waals surface area contributed by atoms with Crippen molar-refractivity contribution < 1.29 is 32.9 Å². The van der Waals surface area contributed by atoms with E-state index < -0.39 is 20.0 Å². The molecule has 0 heterocycles. The van der Waals surface area contributed by atoms with E-state index in [0.717, 1.165) is 38.5 Å². The summed E-state index contributed by atoms with van der Waals surface area (Å²) in [5, 5.41) is 13.8. The van der Waals surface area contributed by atoms with E-state index in [4.69, 9.17) is 9.05 Å². The van der Waals surface area contributed by atoms with E-state index in [-0.39, 0.29) is 19.1 Å². The molecule has 54 heavy (non-hydrogen) atoms.